The average Bonchev–Trinajstić information content (AvgIpc) is 3.04. The minimum atomic E-state index is -4.53. The van der Waals surface area contributed by atoms with Gasteiger partial charge in [0.05, 0.1) is 0 Å². The number of rotatable bonds is 3. The Kier molecular flexibility index (Phi) is 4.07. The molecule has 3 aromatic carbocycles. The molecule has 0 bridgehead atoms. The summed E-state index contributed by atoms with van der Waals surface area (Å²) in [6.07, 6.45) is -4.53. The highest BCUT2D eigenvalue weighted by molar-refractivity contribution is 5.82. The highest BCUT2D eigenvalue weighted by Crippen LogP contribution is 2.31. The Morgan fingerprint density at radius 3 is 2.44 bits per heavy atom. The molecule has 0 atom stereocenters. The van der Waals surface area contributed by atoms with Crippen LogP contribution in [0.4, 0.5) is 23.2 Å². The molecule has 0 spiro atoms. The molecule has 3 nitrogen and oxygen atoms in total. The first-order chi connectivity index (χ1) is 12.9. The van der Waals surface area contributed by atoms with Crippen molar-refractivity contribution < 1.29 is 22.0 Å². The molecule has 1 heterocycles. The van der Waals surface area contributed by atoms with Crippen molar-refractivity contribution in [1.82, 2.24) is 4.98 Å². The van der Waals surface area contributed by atoms with Gasteiger partial charge in [-0.25, -0.2) is 9.37 Å². The third kappa shape index (κ3) is 3.62. The van der Waals surface area contributed by atoms with E-state index >= 15 is 0 Å². The monoisotopic (exact) mass is 372 g/mol. The molecule has 0 unspecified atom stereocenters. The van der Waals surface area contributed by atoms with E-state index in [0.717, 1.165) is 0 Å². The van der Waals surface area contributed by atoms with Crippen LogP contribution in [0.5, 0.6) is 0 Å². The van der Waals surface area contributed by atoms with Crippen LogP contribution in [-0.2, 0) is 0 Å². The molecule has 136 valence electrons. The Labute approximate surface area is 151 Å². The summed E-state index contributed by atoms with van der Waals surface area (Å²) >= 11 is 0. The molecule has 0 radical (unpaired) electrons. The van der Waals surface area contributed by atoms with E-state index in [0.29, 0.717) is 27.8 Å². The molecule has 27 heavy (non-hydrogen) atoms. The number of benzene rings is 3. The number of halogens is 4. The Bertz CT molecular complexity index is 1120. The number of hydrogen-bond donors (Lipinski definition) is 1. The number of nitrogens with one attached hydrogen (secondary N) is 1. The predicted molar refractivity (Wildman–Crippen MR) is 94.5 cm³/mol. The first-order valence-corrected chi connectivity index (χ1v) is 8.00. The molecule has 0 saturated carbocycles. The lowest BCUT2D eigenvalue weighted by Crippen LogP contribution is -2.20. The fourth-order valence-corrected chi connectivity index (χ4v) is 2.80. The Morgan fingerprint density at radius 2 is 1.67 bits per heavy atom. The van der Waals surface area contributed by atoms with Crippen molar-refractivity contribution in [1.29, 1.82) is 0 Å². The highest BCUT2D eigenvalue weighted by Gasteiger charge is 2.27. The lowest BCUT2D eigenvalue weighted by atomic mass is 10.1. The van der Waals surface area contributed by atoms with E-state index in [-0.39, 0.29) is 17.4 Å². The number of oxazole rings is 1. The lowest BCUT2D eigenvalue weighted by Gasteiger charge is -2.10. The summed E-state index contributed by atoms with van der Waals surface area (Å²) in [7, 11) is 0. The van der Waals surface area contributed by atoms with Gasteiger partial charge < -0.3 is 4.42 Å². The van der Waals surface area contributed by atoms with Crippen LogP contribution in [0.3, 0.4) is 0 Å². The molecule has 0 fully saturated rings. The lowest BCUT2D eigenvalue weighted by molar-refractivity contribution is -0.0999. The standard InChI is InChI=1S/C20H12F4N2O/c21-16-7-2-1-6-15(16)12-8-9-17-18(11-12)27-19(25-17)13-4-3-5-14(10-13)26-20(22,23)24/h1-11,26H. The summed E-state index contributed by atoms with van der Waals surface area (Å²) in [5.74, 6) is -0.177. The Hall–Kier alpha value is -3.35. The highest BCUT2D eigenvalue weighted by atomic mass is 19.4. The normalized spacial score (nSPS) is 11.7. The molecule has 0 aliphatic rings. The molecule has 7 heteroatoms. The molecule has 0 aliphatic heterocycles. The molecule has 1 aromatic heterocycles. The summed E-state index contributed by atoms with van der Waals surface area (Å²) in [5.41, 5.74) is 2.27. The van der Waals surface area contributed by atoms with Gasteiger partial charge in [0.1, 0.15) is 11.3 Å². The van der Waals surface area contributed by atoms with Gasteiger partial charge in [0.2, 0.25) is 5.89 Å². The summed E-state index contributed by atoms with van der Waals surface area (Å²) in [6, 6.07) is 17.1. The van der Waals surface area contributed by atoms with Crippen molar-refractivity contribution in [3.63, 3.8) is 0 Å². The largest absolute Gasteiger partial charge is 0.482 e. The van der Waals surface area contributed by atoms with Crippen LogP contribution < -0.4 is 5.32 Å². The molecular weight excluding hydrogens is 360 g/mol. The Morgan fingerprint density at radius 1 is 0.852 bits per heavy atom. The minimum absolute atomic E-state index is 0.116. The van der Waals surface area contributed by atoms with Gasteiger partial charge in [0.25, 0.3) is 0 Å². The van der Waals surface area contributed by atoms with Crippen LogP contribution in [0.1, 0.15) is 0 Å². The Balaban J connectivity index is 1.72. The van der Waals surface area contributed by atoms with Crippen LogP contribution in [-0.4, -0.2) is 11.3 Å². The van der Waals surface area contributed by atoms with E-state index in [1.54, 1.807) is 42.5 Å². The number of anilines is 1. The van der Waals surface area contributed by atoms with E-state index in [2.05, 4.69) is 4.98 Å². The SMILES string of the molecule is Fc1ccccc1-c1ccc2nc(-c3cccc(NC(F)(F)F)c3)oc2c1. The summed E-state index contributed by atoms with van der Waals surface area (Å²) in [5, 5.41) is 1.45. The van der Waals surface area contributed by atoms with Crippen molar-refractivity contribution in [2.45, 2.75) is 6.30 Å². The summed E-state index contributed by atoms with van der Waals surface area (Å²) in [4.78, 5) is 4.31. The van der Waals surface area contributed by atoms with Crippen LogP contribution in [0.2, 0.25) is 0 Å². The van der Waals surface area contributed by atoms with Gasteiger partial charge >= 0.3 is 6.30 Å². The summed E-state index contributed by atoms with van der Waals surface area (Å²) in [6.45, 7) is 0. The van der Waals surface area contributed by atoms with Crippen molar-refractivity contribution >= 4 is 16.8 Å². The molecule has 1 N–H and O–H groups in total. The number of aromatic nitrogens is 1. The van der Waals surface area contributed by atoms with Crippen molar-refractivity contribution in [2.75, 3.05) is 5.32 Å². The topological polar surface area (TPSA) is 38.1 Å². The van der Waals surface area contributed by atoms with E-state index in [9.17, 15) is 17.6 Å². The van der Waals surface area contributed by atoms with Crippen LogP contribution in [0.15, 0.2) is 71.1 Å². The third-order valence-corrected chi connectivity index (χ3v) is 3.97. The average molecular weight is 372 g/mol. The number of hydrogen-bond acceptors (Lipinski definition) is 3. The quantitative estimate of drug-likeness (QED) is 0.342. The first kappa shape index (κ1) is 17.1. The van der Waals surface area contributed by atoms with Crippen LogP contribution in [0.25, 0.3) is 33.7 Å². The van der Waals surface area contributed by atoms with E-state index in [1.165, 1.54) is 29.6 Å². The zero-order valence-electron chi connectivity index (χ0n) is 13.7. The zero-order chi connectivity index (χ0) is 19.0. The van der Waals surface area contributed by atoms with Gasteiger partial charge in [-0.1, -0.05) is 30.3 Å². The molecule has 0 aliphatic carbocycles. The zero-order valence-corrected chi connectivity index (χ0v) is 13.7. The van der Waals surface area contributed by atoms with Crippen LogP contribution >= 0.6 is 0 Å². The van der Waals surface area contributed by atoms with Gasteiger partial charge in [-0.05, 0) is 42.0 Å². The van der Waals surface area contributed by atoms with Gasteiger partial charge in [-0.3, -0.25) is 5.32 Å². The van der Waals surface area contributed by atoms with Crippen molar-refractivity contribution in [2.24, 2.45) is 0 Å². The fraction of sp³-hybridized carbons (Fsp3) is 0.0500. The second-order valence-corrected chi connectivity index (χ2v) is 5.88. The second kappa shape index (κ2) is 6.42. The van der Waals surface area contributed by atoms with Crippen molar-refractivity contribution in [3.05, 3.63) is 72.5 Å². The molecule has 4 rings (SSSR count). The maximum Gasteiger partial charge on any atom is 0.482 e. The number of alkyl halides is 3. The van der Waals surface area contributed by atoms with Crippen LogP contribution in [0, 0.1) is 5.82 Å². The molecule has 4 aromatic rings. The first-order valence-electron chi connectivity index (χ1n) is 8.00. The third-order valence-electron chi connectivity index (χ3n) is 3.97. The minimum Gasteiger partial charge on any atom is -0.436 e. The fourth-order valence-electron chi connectivity index (χ4n) is 2.80. The maximum absolute atomic E-state index is 14.0. The maximum atomic E-state index is 14.0. The van der Waals surface area contributed by atoms with Gasteiger partial charge in [0.15, 0.2) is 5.58 Å². The van der Waals surface area contributed by atoms with Gasteiger partial charge in [-0.2, -0.15) is 13.2 Å². The number of nitrogens with zero attached hydrogens (tertiary/aromatic N) is 1. The van der Waals surface area contributed by atoms with E-state index in [4.69, 9.17) is 4.42 Å². The molecular formula is C20H12F4N2O. The molecule has 0 amide bonds. The van der Waals surface area contributed by atoms with E-state index in [1.807, 2.05) is 0 Å². The van der Waals surface area contributed by atoms with Crippen molar-refractivity contribution in [3.8, 4) is 22.6 Å². The van der Waals surface area contributed by atoms with E-state index < -0.39 is 6.30 Å². The number of fused-ring (bicyclic) bond motifs is 1. The van der Waals surface area contributed by atoms with Gasteiger partial charge in [-0.15, -0.1) is 0 Å². The summed E-state index contributed by atoms with van der Waals surface area (Å²) < 4.78 is 57.2. The van der Waals surface area contributed by atoms with Gasteiger partial charge in [0, 0.05) is 16.8 Å². The second-order valence-electron chi connectivity index (χ2n) is 5.88. The predicted octanol–water partition coefficient (Wildman–Crippen LogP) is 6.23. The molecule has 0 saturated heterocycles. The smallest absolute Gasteiger partial charge is 0.436 e.